The number of aryl methyl sites for hydroxylation is 1. The molecule has 4 N–H and O–H groups in total. The van der Waals surface area contributed by atoms with Crippen LogP contribution in [0.4, 0.5) is 4.79 Å². The van der Waals surface area contributed by atoms with Crippen molar-refractivity contribution in [2.45, 2.75) is 29.5 Å². The number of hydrogen-bond donors (Lipinski definition) is 4. The SMILES string of the molecule is CCN1CCN(C(=O)N[C@H](C(=O)N[C@@H]2C(=O)N3C(C(=O)O)=C(CSc4nnnn4C)CSC23)c2ccc(O)cc2)C(=O)C1=O. The summed E-state index contributed by atoms with van der Waals surface area (Å²) in [7, 11) is 1.64. The monoisotopic (exact) mass is 645 g/mol. The van der Waals surface area contributed by atoms with E-state index in [0.717, 1.165) is 4.90 Å². The summed E-state index contributed by atoms with van der Waals surface area (Å²) in [6, 6.07) is 1.84. The highest BCUT2D eigenvalue weighted by molar-refractivity contribution is 8.01. The van der Waals surface area contributed by atoms with Crippen LogP contribution in [0.3, 0.4) is 0 Å². The number of carbonyl (C=O) groups is 6. The van der Waals surface area contributed by atoms with Crippen LogP contribution in [0.25, 0.3) is 0 Å². The first-order valence-electron chi connectivity index (χ1n) is 13.3. The molecular weight excluding hydrogens is 618 g/mol. The van der Waals surface area contributed by atoms with Crippen molar-refractivity contribution >= 4 is 59.2 Å². The molecule has 2 aromatic rings. The second kappa shape index (κ2) is 12.5. The molecule has 232 valence electrons. The lowest BCUT2D eigenvalue weighted by atomic mass is 10.0. The summed E-state index contributed by atoms with van der Waals surface area (Å²) in [4.78, 5) is 80.1. The number of nitrogens with zero attached hydrogens (tertiary/aromatic N) is 7. The van der Waals surface area contributed by atoms with Gasteiger partial charge >= 0.3 is 23.8 Å². The number of phenols is 1. The first-order chi connectivity index (χ1) is 21.0. The molecule has 0 saturated carbocycles. The third-order valence-corrected chi connectivity index (χ3v) is 9.63. The van der Waals surface area contributed by atoms with Crippen molar-refractivity contribution in [2.75, 3.05) is 31.1 Å². The van der Waals surface area contributed by atoms with Crippen LogP contribution in [0.5, 0.6) is 5.75 Å². The lowest BCUT2D eigenvalue weighted by molar-refractivity contribution is -0.153. The number of carboxylic acids is 1. The van der Waals surface area contributed by atoms with Crippen LogP contribution in [-0.4, -0.2) is 123 Å². The Labute approximate surface area is 258 Å². The fourth-order valence-corrected chi connectivity index (χ4v) is 7.20. The van der Waals surface area contributed by atoms with Gasteiger partial charge in [0.1, 0.15) is 28.9 Å². The van der Waals surface area contributed by atoms with E-state index in [4.69, 9.17) is 0 Å². The van der Waals surface area contributed by atoms with Crippen molar-refractivity contribution in [3.8, 4) is 5.75 Å². The topological polar surface area (TPSA) is 220 Å². The Balaban J connectivity index is 1.31. The number of fused-ring (bicyclic) bond motifs is 1. The minimum absolute atomic E-state index is 0.0823. The predicted molar refractivity (Wildman–Crippen MR) is 153 cm³/mol. The number of aromatic hydroxyl groups is 1. The molecule has 3 atom stereocenters. The summed E-state index contributed by atoms with van der Waals surface area (Å²) in [6.07, 6.45) is 0. The molecule has 4 heterocycles. The van der Waals surface area contributed by atoms with Gasteiger partial charge in [0.05, 0.1) is 0 Å². The van der Waals surface area contributed by atoms with Crippen LogP contribution in [0.1, 0.15) is 18.5 Å². The number of amides is 6. The van der Waals surface area contributed by atoms with E-state index in [2.05, 4.69) is 26.2 Å². The Morgan fingerprint density at radius 2 is 1.86 bits per heavy atom. The number of urea groups is 1. The molecule has 3 aliphatic rings. The van der Waals surface area contributed by atoms with Crippen LogP contribution in [-0.2, 0) is 31.0 Å². The maximum atomic E-state index is 13.6. The number of rotatable bonds is 9. The summed E-state index contributed by atoms with van der Waals surface area (Å²) >= 11 is 2.49. The van der Waals surface area contributed by atoms with Crippen molar-refractivity contribution in [2.24, 2.45) is 7.05 Å². The Bertz CT molecular complexity index is 1560. The van der Waals surface area contributed by atoms with E-state index < -0.39 is 53.1 Å². The normalized spacial score (nSPS) is 20.7. The Morgan fingerprint density at radius 1 is 1.14 bits per heavy atom. The van der Waals surface area contributed by atoms with Crippen molar-refractivity contribution < 1.29 is 39.0 Å². The quantitative estimate of drug-likeness (QED) is 0.145. The first kappa shape index (κ1) is 30.8. The Morgan fingerprint density at radius 3 is 2.50 bits per heavy atom. The minimum atomic E-state index is -1.42. The maximum absolute atomic E-state index is 13.6. The molecule has 2 fully saturated rings. The molecule has 19 heteroatoms. The van der Waals surface area contributed by atoms with E-state index in [1.807, 2.05) is 0 Å². The van der Waals surface area contributed by atoms with Gasteiger partial charge in [0.25, 0.3) is 5.91 Å². The van der Waals surface area contributed by atoms with Crippen molar-refractivity contribution in [3.05, 3.63) is 41.1 Å². The molecule has 0 radical (unpaired) electrons. The number of piperazine rings is 1. The number of thioether (sulfide) groups is 2. The van der Waals surface area contributed by atoms with Crippen molar-refractivity contribution in [1.82, 2.24) is 45.5 Å². The molecule has 44 heavy (non-hydrogen) atoms. The van der Waals surface area contributed by atoms with Crippen molar-refractivity contribution in [3.63, 3.8) is 0 Å². The number of tetrazole rings is 1. The molecule has 2 saturated heterocycles. The van der Waals surface area contributed by atoms with Crippen LogP contribution < -0.4 is 10.6 Å². The number of nitrogens with one attached hydrogen (secondary N) is 2. The molecule has 0 spiro atoms. The number of carbonyl (C=O) groups excluding carboxylic acids is 5. The fourth-order valence-electron chi connectivity index (χ4n) is 4.86. The van der Waals surface area contributed by atoms with E-state index in [0.29, 0.717) is 22.2 Å². The van der Waals surface area contributed by atoms with Crippen LogP contribution in [0.15, 0.2) is 40.7 Å². The van der Waals surface area contributed by atoms with Gasteiger partial charge in [0, 0.05) is 38.2 Å². The van der Waals surface area contributed by atoms with Gasteiger partial charge in [-0.15, -0.1) is 16.9 Å². The molecule has 1 unspecified atom stereocenters. The molecule has 5 rings (SSSR count). The van der Waals surface area contributed by atoms with Crippen LogP contribution in [0.2, 0.25) is 0 Å². The Hall–Kier alpha value is -4.65. The van der Waals surface area contributed by atoms with E-state index in [1.54, 1.807) is 14.0 Å². The zero-order chi connectivity index (χ0) is 31.7. The molecule has 0 aliphatic carbocycles. The largest absolute Gasteiger partial charge is 0.508 e. The number of hydrogen-bond acceptors (Lipinski definition) is 12. The molecule has 3 aliphatic heterocycles. The number of benzene rings is 1. The first-order valence-corrected chi connectivity index (χ1v) is 15.3. The number of carboxylic acid groups (broad SMARTS) is 1. The summed E-state index contributed by atoms with van der Waals surface area (Å²) in [5, 5.41) is 35.6. The van der Waals surface area contributed by atoms with Gasteiger partial charge in [-0.3, -0.25) is 29.0 Å². The second-order valence-electron chi connectivity index (χ2n) is 9.84. The molecule has 17 nitrogen and oxygen atoms in total. The highest BCUT2D eigenvalue weighted by Gasteiger charge is 2.54. The van der Waals surface area contributed by atoms with Crippen molar-refractivity contribution in [1.29, 1.82) is 0 Å². The third-order valence-electron chi connectivity index (χ3n) is 7.20. The average molecular weight is 646 g/mol. The molecule has 1 aromatic heterocycles. The molecular formula is C25H27N9O8S2. The minimum Gasteiger partial charge on any atom is -0.508 e. The van der Waals surface area contributed by atoms with Gasteiger partial charge in [-0.25, -0.2) is 14.3 Å². The van der Waals surface area contributed by atoms with E-state index in [9.17, 15) is 39.0 Å². The standard InChI is InChI=1S/C25H27N9O8S2/c1-3-32-8-9-33(21(39)20(32)38)24(42)27-15(12-4-6-14(35)7-5-12)18(36)26-16-19(37)34-17(23(40)41)13(10-43-22(16)34)11-44-25-28-29-30-31(25)2/h4-7,15-16,22,35H,3,8-11H2,1-2H3,(H,26,36)(H,27,42)(H,40,41)/t15-,16+,22?/m0/s1. The lowest BCUT2D eigenvalue weighted by Gasteiger charge is -2.49. The van der Waals surface area contributed by atoms with Gasteiger partial charge in [-0.1, -0.05) is 23.9 Å². The summed E-state index contributed by atoms with van der Waals surface area (Å²) < 4.78 is 1.44. The summed E-state index contributed by atoms with van der Waals surface area (Å²) in [5.41, 5.74) is 0.536. The fraction of sp³-hybridized carbons (Fsp3) is 0.400. The number of imide groups is 1. The number of aliphatic carboxylic acids is 1. The predicted octanol–water partition coefficient (Wildman–Crippen LogP) is -1.11. The van der Waals surface area contributed by atoms with E-state index in [-0.39, 0.29) is 41.6 Å². The van der Waals surface area contributed by atoms with Gasteiger partial charge in [-0.2, -0.15) is 0 Å². The molecule has 0 bridgehead atoms. The lowest BCUT2D eigenvalue weighted by Crippen LogP contribution is -2.71. The number of likely N-dealkylation sites (N-methyl/N-ethyl adjacent to an activating group) is 1. The summed E-state index contributed by atoms with van der Waals surface area (Å²) in [6.45, 7) is 2.04. The van der Waals surface area contributed by atoms with E-state index in [1.165, 1.54) is 57.4 Å². The Kier molecular flexibility index (Phi) is 8.77. The smallest absolute Gasteiger partial charge is 0.352 e. The average Bonchev–Trinajstić information content (AvgIpc) is 3.42. The summed E-state index contributed by atoms with van der Waals surface area (Å²) in [5.74, 6) is -4.26. The maximum Gasteiger partial charge on any atom is 0.352 e. The third kappa shape index (κ3) is 5.79. The zero-order valence-electron chi connectivity index (χ0n) is 23.4. The van der Waals surface area contributed by atoms with Crippen LogP contribution in [0, 0.1) is 0 Å². The molecule has 6 amide bonds. The highest BCUT2D eigenvalue weighted by atomic mass is 32.2. The van der Waals surface area contributed by atoms with Gasteiger partial charge in [0.2, 0.25) is 11.1 Å². The number of aromatic nitrogens is 4. The highest BCUT2D eigenvalue weighted by Crippen LogP contribution is 2.41. The van der Waals surface area contributed by atoms with Gasteiger partial charge in [0.15, 0.2) is 0 Å². The van der Waals surface area contributed by atoms with Gasteiger partial charge in [-0.05, 0) is 40.6 Å². The van der Waals surface area contributed by atoms with E-state index >= 15 is 0 Å². The number of phenolic OH excluding ortho intramolecular Hbond substituents is 1. The number of β-lactam (4-membered cyclic amide) rings is 1. The van der Waals surface area contributed by atoms with Gasteiger partial charge < -0.3 is 25.7 Å². The molecule has 1 aromatic carbocycles. The zero-order valence-corrected chi connectivity index (χ0v) is 25.0. The van der Waals surface area contributed by atoms with Crippen LogP contribution >= 0.6 is 23.5 Å². The second-order valence-corrected chi connectivity index (χ2v) is 11.9.